The van der Waals surface area contributed by atoms with E-state index in [0.29, 0.717) is 6.42 Å². The van der Waals surface area contributed by atoms with Crippen molar-refractivity contribution in [2.24, 2.45) is 5.41 Å². The molecule has 2 aromatic rings. The number of carboxylic acids is 1. The SMILES string of the molecule is Cc1c(CC(C)(C)C(=O)O)sc2ccccc12. The molecule has 0 radical (unpaired) electrons. The first-order chi connectivity index (χ1) is 7.92. The van der Waals surface area contributed by atoms with Gasteiger partial charge in [-0.05, 0) is 44.2 Å². The summed E-state index contributed by atoms with van der Waals surface area (Å²) in [5, 5.41) is 10.4. The van der Waals surface area contributed by atoms with Crippen LogP contribution in [0.5, 0.6) is 0 Å². The lowest BCUT2D eigenvalue weighted by atomic mass is 9.88. The van der Waals surface area contributed by atoms with Crippen molar-refractivity contribution in [1.82, 2.24) is 0 Å². The second-order valence-electron chi connectivity index (χ2n) is 5.01. The maximum Gasteiger partial charge on any atom is 0.309 e. The summed E-state index contributed by atoms with van der Waals surface area (Å²) < 4.78 is 1.24. The third kappa shape index (κ3) is 2.20. The fraction of sp³-hybridized carbons (Fsp3) is 0.357. The Morgan fingerprint density at radius 2 is 2.00 bits per heavy atom. The maximum absolute atomic E-state index is 11.2. The Morgan fingerprint density at radius 1 is 1.35 bits per heavy atom. The molecule has 2 nitrogen and oxygen atoms in total. The molecule has 17 heavy (non-hydrogen) atoms. The lowest BCUT2D eigenvalue weighted by molar-refractivity contribution is -0.146. The van der Waals surface area contributed by atoms with Gasteiger partial charge in [-0.3, -0.25) is 4.79 Å². The zero-order valence-corrected chi connectivity index (χ0v) is 11.1. The third-order valence-corrected chi connectivity index (χ3v) is 4.40. The third-order valence-electron chi connectivity index (χ3n) is 3.12. The lowest BCUT2D eigenvalue weighted by Crippen LogP contribution is -2.26. The smallest absolute Gasteiger partial charge is 0.309 e. The van der Waals surface area contributed by atoms with Crippen LogP contribution >= 0.6 is 11.3 Å². The van der Waals surface area contributed by atoms with Gasteiger partial charge in [-0.25, -0.2) is 0 Å². The minimum absolute atomic E-state index is 0.591. The summed E-state index contributed by atoms with van der Waals surface area (Å²) in [6.07, 6.45) is 0.591. The summed E-state index contributed by atoms with van der Waals surface area (Å²) in [6, 6.07) is 8.22. The van der Waals surface area contributed by atoms with Gasteiger partial charge >= 0.3 is 5.97 Å². The van der Waals surface area contributed by atoms with Crippen LogP contribution in [0, 0.1) is 12.3 Å². The van der Waals surface area contributed by atoms with E-state index in [0.717, 1.165) is 0 Å². The predicted octanol–water partition coefficient (Wildman–Crippen LogP) is 3.86. The van der Waals surface area contributed by atoms with E-state index < -0.39 is 11.4 Å². The number of carboxylic acid groups (broad SMARTS) is 1. The van der Waals surface area contributed by atoms with Crippen LogP contribution in [0.4, 0.5) is 0 Å². The van der Waals surface area contributed by atoms with Crippen molar-refractivity contribution in [3.05, 3.63) is 34.7 Å². The highest BCUT2D eigenvalue weighted by Crippen LogP contribution is 2.35. The number of thiophene rings is 1. The van der Waals surface area contributed by atoms with Gasteiger partial charge in [0.05, 0.1) is 5.41 Å². The first-order valence-electron chi connectivity index (χ1n) is 5.62. The molecule has 0 fully saturated rings. The van der Waals surface area contributed by atoms with Gasteiger partial charge in [0.2, 0.25) is 0 Å². The van der Waals surface area contributed by atoms with Crippen LogP contribution in [0.3, 0.4) is 0 Å². The first kappa shape index (κ1) is 12.1. The minimum atomic E-state index is -0.741. The molecule has 1 N–H and O–H groups in total. The van der Waals surface area contributed by atoms with Crippen molar-refractivity contribution in [3.8, 4) is 0 Å². The first-order valence-corrected chi connectivity index (χ1v) is 6.44. The van der Waals surface area contributed by atoms with E-state index >= 15 is 0 Å². The highest BCUT2D eigenvalue weighted by molar-refractivity contribution is 7.19. The Morgan fingerprint density at radius 3 is 2.59 bits per heavy atom. The molecule has 0 saturated heterocycles. The Balaban J connectivity index is 2.43. The van der Waals surface area contributed by atoms with Crippen LogP contribution in [0.2, 0.25) is 0 Å². The van der Waals surface area contributed by atoms with Crippen LogP contribution in [0.25, 0.3) is 10.1 Å². The van der Waals surface area contributed by atoms with Gasteiger partial charge in [0, 0.05) is 9.58 Å². The predicted molar refractivity (Wildman–Crippen MR) is 71.7 cm³/mol. The largest absolute Gasteiger partial charge is 0.481 e. The van der Waals surface area contributed by atoms with Crippen molar-refractivity contribution >= 4 is 27.4 Å². The minimum Gasteiger partial charge on any atom is -0.481 e. The summed E-state index contributed by atoms with van der Waals surface area (Å²) in [4.78, 5) is 12.3. The quantitative estimate of drug-likeness (QED) is 0.895. The Bertz CT molecular complexity index is 567. The van der Waals surface area contributed by atoms with E-state index in [1.807, 2.05) is 12.1 Å². The molecule has 0 spiro atoms. The molecule has 0 aliphatic rings. The van der Waals surface area contributed by atoms with E-state index in [2.05, 4.69) is 19.1 Å². The van der Waals surface area contributed by atoms with Crippen molar-refractivity contribution < 1.29 is 9.90 Å². The Labute approximate surface area is 105 Å². The van der Waals surface area contributed by atoms with Crippen LogP contribution in [0.15, 0.2) is 24.3 Å². The van der Waals surface area contributed by atoms with Crippen LogP contribution in [0.1, 0.15) is 24.3 Å². The fourth-order valence-corrected chi connectivity index (χ4v) is 3.31. The average molecular weight is 248 g/mol. The number of hydrogen-bond acceptors (Lipinski definition) is 2. The van der Waals surface area contributed by atoms with Gasteiger partial charge in [0.15, 0.2) is 0 Å². The molecule has 90 valence electrons. The number of aryl methyl sites for hydroxylation is 1. The summed E-state index contributed by atoms with van der Waals surface area (Å²) in [6.45, 7) is 5.63. The molecule has 3 heteroatoms. The molecule has 1 aromatic heterocycles. The molecule has 2 rings (SSSR count). The summed E-state index contributed by atoms with van der Waals surface area (Å²) in [5.74, 6) is -0.741. The van der Waals surface area contributed by atoms with E-state index in [1.54, 1.807) is 25.2 Å². The average Bonchev–Trinajstić information content (AvgIpc) is 2.56. The van der Waals surface area contributed by atoms with E-state index in [1.165, 1.54) is 20.5 Å². The molecule has 0 amide bonds. The molecule has 0 aliphatic heterocycles. The van der Waals surface area contributed by atoms with Crippen LogP contribution in [-0.2, 0) is 11.2 Å². The number of benzene rings is 1. The topological polar surface area (TPSA) is 37.3 Å². The molecule has 1 aromatic carbocycles. The van der Waals surface area contributed by atoms with Gasteiger partial charge in [-0.15, -0.1) is 11.3 Å². The number of rotatable bonds is 3. The van der Waals surface area contributed by atoms with Crippen molar-refractivity contribution in [3.63, 3.8) is 0 Å². The molecular formula is C14H16O2S. The monoisotopic (exact) mass is 248 g/mol. The summed E-state index contributed by atoms with van der Waals surface area (Å²) in [5.41, 5.74) is 0.519. The number of carbonyl (C=O) groups is 1. The standard InChI is InChI=1S/C14H16O2S/c1-9-10-6-4-5-7-11(10)17-12(9)8-14(2,3)13(15)16/h4-7H,8H2,1-3H3,(H,15,16). The molecule has 0 aliphatic carbocycles. The highest BCUT2D eigenvalue weighted by Gasteiger charge is 2.29. The highest BCUT2D eigenvalue weighted by atomic mass is 32.1. The van der Waals surface area contributed by atoms with Crippen LogP contribution < -0.4 is 0 Å². The second-order valence-corrected chi connectivity index (χ2v) is 6.15. The fourth-order valence-electron chi connectivity index (χ4n) is 1.87. The number of aliphatic carboxylic acids is 1. The Hall–Kier alpha value is -1.35. The van der Waals surface area contributed by atoms with Crippen molar-refractivity contribution in [1.29, 1.82) is 0 Å². The van der Waals surface area contributed by atoms with Gasteiger partial charge < -0.3 is 5.11 Å². The van der Waals surface area contributed by atoms with E-state index in [4.69, 9.17) is 0 Å². The van der Waals surface area contributed by atoms with Gasteiger partial charge in [0.25, 0.3) is 0 Å². The Kier molecular flexibility index (Phi) is 2.96. The number of fused-ring (bicyclic) bond motifs is 1. The second kappa shape index (κ2) is 4.15. The summed E-state index contributed by atoms with van der Waals surface area (Å²) in [7, 11) is 0. The molecular weight excluding hydrogens is 232 g/mol. The van der Waals surface area contributed by atoms with E-state index in [-0.39, 0.29) is 0 Å². The van der Waals surface area contributed by atoms with Crippen LogP contribution in [-0.4, -0.2) is 11.1 Å². The summed E-state index contributed by atoms with van der Waals surface area (Å²) >= 11 is 1.70. The molecule has 0 unspecified atom stereocenters. The molecule has 0 saturated carbocycles. The molecule has 0 atom stereocenters. The maximum atomic E-state index is 11.2. The van der Waals surface area contributed by atoms with Gasteiger partial charge in [-0.1, -0.05) is 18.2 Å². The molecule has 1 heterocycles. The van der Waals surface area contributed by atoms with E-state index in [9.17, 15) is 9.90 Å². The zero-order chi connectivity index (χ0) is 12.6. The number of hydrogen-bond donors (Lipinski definition) is 1. The van der Waals surface area contributed by atoms with Gasteiger partial charge in [0.1, 0.15) is 0 Å². The van der Waals surface area contributed by atoms with Crippen molar-refractivity contribution in [2.45, 2.75) is 27.2 Å². The molecule has 0 bridgehead atoms. The zero-order valence-electron chi connectivity index (χ0n) is 10.3. The van der Waals surface area contributed by atoms with Gasteiger partial charge in [-0.2, -0.15) is 0 Å². The lowest BCUT2D eigenvalue weighted by Gasteiger charge is -2.18. The normalized spacial score (nSPS) is 11.9. The van der Waals surface area contributed by atoms with Crippen molar-refractivity contribution in [2.75, 3.05) is 0 Å².